The van der Waals surface area contributed by atoms with E-state index in [-0.39, 0.29) is 17.5 Å². The summed E-state index contributed by atoms with van der Waals surface area (Å²) in [6.07, 6.45) is -1.85. The van der Waals surface area contributed by atoms with Gasteiger partial charge in [0.1, 0.15) is 0 Å². The minimum absolute atomic E-state index is 0.184. The highest BCUT2D eigenvalue weighted by Gasteiger charge is 2.45. The summed E-state index contributed by atoms with van der Waals surface area (Å²) < 4.78 is 26.4. The standard InChI is InChI=1S/C103H85BN4/c1-101(2,3)66-67-56-98-100-99(57-67)108(91-55-45-79(103(7,8)9)63-83(91)73-38-26-15-27-39-73)97-65-81(106-94-52-42-76(70-32-20-12-21-33-70)60-86(94)87-61-77(43-53-95(87)106)71-34-22-13-23-35-71)47-49-89(97)104(100)88-48-46-80(64-96(88)107(98)90-54-44-78(102(4,5)6)62-82(90)72-36-24-14-25-37-72)105-92-50-40-74(68-28-16-10-17-29-68)58-84(92)85-59-75(41-51-93(85)105)69-30-18-11-19-31-69/h10-65H,66H2,1-9H3/i66D2. The fraction of sp³-hybridized carbons (Fsp3) is 0.126. The van der Waals surface area contributed by atoms with E-state index in [4.69, 9.17) is 0 Å². The van der Waals surface area contributed by atoms with Gasteiger partial charge in [-0.1, -0.05) is 293 Å². The van der Waals surface area contributed by atoms with Crippen LogP contribution in [0.25, 0.3) is 122 Å². The highest BCUT2D eigenvalue weighted by atomic mass is 15.2. The first-order valence-corrected chi connectivity index (χ1v) is 38.1. The average molecular weight is 1390 g/mol. The number of benzene rings is 15. The maximum absolute atomic E-state index is 10.7. The van der Waals surface area contributed by atoms with Crippen LogP contribution in [-0.2, 0) is 17.2 Å². The molecule has 0 saturated heterocycles. The summed E-state index contributed by atoms with van der Waals surface area (Å²) in [5, 5.41) is 4.67. The van der Waals surface area contributed by atoms with Gasteiger partial charge in [-0.2, -0.15) is 0 Å². The summed E-state index contributed by atoms with van der Waals surface area (Å²) in [6, 6.07) is 126. The second kappa shape index (κ2) is 25.7. The summed E-state index contributed by atoms with van der Waals surface area (Å²) in [6.45, 7) is 19.6. The molecule has 0 spiro atoms. The smallest absolute Gasteiger partial charge is 0.252 e. The molecule has 2 aromatic heterocycles. The summed E-state index contributed by atoms with van der Waals surface area (Å²) in [4.78, 5) is 5.06. The van der Waals surface area contributed by atoms with Crippen molar-refractivity contribution in [3.8, 4) is 78.1 Å². The maximum Gasteiger partial charge on any atom is 0.252 e. The number of anilines is 6. The number of hydrogen-bond donors (Lipinski definition) is 0. The first-order chi connectivity index (χ1) is 53.2. The van der Waals surface area contributed by atoms with Gasteiger partial charge in [0.25, 0.3) is 6.71 Å². The number of nitrogens with zero attached hydrogens (tertiary/aromatic N) is 4. The summed E-state index contributed by atoms with van der Waals surface area (Å²) in [5.41, 5.74) is 31.2. The minimum Gasteiger partial charge on any atom is -0.311 e. The van der Waals surface area contributed by atoms with Crippen LogP contribution in [0.3, 0.4) is 0 Å². The van der Waals surface area contributed by atoms with E-state index in [2.05, 4.69) is 400 Å². The third-order valence-corrected chi connectivity index (χ3v) is 22.4. The van der Waals surface area contributed by atoms with E-state index < -0.39 is 11.8 Å². The number of fused-ring (bicyclic) bond motifs is 10. The van der Waals surface area contributed by atoms with Gasteiger partial charge in [0, 0.05) is 69.5 Å². The molecule has 0 radical (unpaired) electrons. The van der Waals surface area contributed by atoms with E-state index in [9.17, 15) is 2.74 Å². The number of rotatable bonds is 11. The van der Waals surface area contributed by atoms with Gasteiger partial charge >= 0.3 is 0 Å². The molecule has 520 valence electrons. The van der Waals surface area contributed by atoms with Gasteiger partial charge in [0.15, 0.2) is 0 Å². The fourth-order valence-corrected chi connectivity index (χ4v) is 17.2. The van der Waals surface area contributed by atoms with E-state index in [1.807, 2.05) is 20.8 Å². The predicted molar refractivity (Wildman–Crippen MR) is 462 cm³/mol. The van der Waals surface area contributed by atoms with E-state index in [0.29, 0.717) is 5.56 Å². The maximum atomic E-state index is 10.7. The van der Waals surface area contributed by atoms with Crippen LogP contribution < -0.4 is 26.2 Å². The molecule has 19 rings (SSSR count). The zero-order chi connectivity index (χ0) is 75.1. The van der Waals surface area contributed by atoms with Crippen LogP contribution in [0.15, 0.2) is 340 Å². The Kier molecular flexibility index (Phi) is 15.2. The van der Waals surface area contributed by atoms with E-state index >= 15 is 0 Å². The lowest BCUT2D eigenvalue weighted by atomic mass is 9.33. The number of aromatic nitrogens is 2. The number of hydrogen-bond acceptors (Lipinski definition) is 2. The van der Waals surface area contributed by atoms with Gasteiger partial charge in [0.2, 0.25) is 0 Å². The third-order valence-electron chi connectivity index (χ3n) is 22.4. The van der Waals surface area contributed by atoms with E-state index in [0.717, 1.165) is 128 Å². The van der Waals surface area contributed by atoms with Crippen molar-refractivity contribution in [3.63, 3.8) is 0 Å². The molecule has 5 heteroatoms. The second-order valence-electron chi connectivity index (χ2n) is 32.7. The van der Waals surface area contributed by atoms with E-state index in [1.165, 1.54) is 54.9 Å². The molecule has 0 fully saturated rings. The van der Waals surface area contributed by atoms with Gasteiger partial charge in [0.05, 0.1) is 33.4 Å². The molecule has 0 aliphatic carbocycles. The zero-order valence-electron chi connectivity index (χ0n) is 64.7. The van der Waals surface area contributed by atoms with Crippen LogP contribution in [0.1, 0.15) is 81.7 Å². The Morgan fingerprint density at radius 1 is 0.269 bits per heavy atom. The normalized spacial score (nSPS) is 13.2. The largest absolute Gasteiger partial charge is 0.311 e. The molecule has 0 bridgehead atoms. The summed E-state index contributed by atoms with van der Waals surface area (Å²) in [7, 11) is 0. The lowest BCUT2D eigenvalue weighted by molar-refractivity contribution is 0.411. The van der Waals surface area contributed by atoms with Gasteiger partial charge in [-0.05, 0) is 221 Å². The molecular formula is C103H85BN4. The molecule has 2 aliphatic rings. The van der Waals surface area contributed by atoms with Crippen molar-refractivity contribution in [2.45, 2.75) is 79.5 Å². The highest BCUT2D eigenvalue weighted by Crippen LogP contribution is 2.52. The second-order valence-corrected chi connectivity index (χ2v) is 32.7. The van der Waals surface area contributed by atoms with Gasteiger partial charge in [-0.25, -0.2) is 0 Å². The van der Waals surface area contributed by atoms with Crippen molar-refractivity contribution in [1.82, 2.24) is 9.13 Å². The molecular weight excluding hydrogens is 1300 g/mol. The van der Waals surface area contributed by atoms with Gasteiger partial charge < -0.3 is 18.9 Å². The van der Waals surface area contributed by atoms with Crippen LogP contribution >= 0.6 is 0 Å². The Morgan fingerprint density at radius 2 is 0.574 bits per heavy atom. The first-order valence-electron chi connectivity index (χ1n) is 39.1. The fourth-order valence-electron chi connectivity index (χ4n) is 17.2. The van der Waals surface area contributed by atoms with Crippen molar-refractivity contribution in [2.24, 2.45) is 5.41 Å². The predicted octanol–water partition coefficient (Wildman–Crippen LogP) is 26.1. The molecule has 0 saturated carbocycles. The van der Waals surface area contributed by atoms with Crippen LogP contribution in [0.4, 0.5) is 34.1 Å². The molecule has 0 unspecified atom stereocenters. The van der Waals surface area contributed by atoms with Crippen molar-refractivity contribution >= 4 is 101 Å². The Bertz CT molecular complexity index is 5910. The zero-order valence-corrected chi connectivity index (χ0v) is 62.7. The summed E-state index contributed by atoms with van der Waals surface area (Å²) >= 11 is 0. The Balaban J connectivity index is 0.938. The molecule has 2 aliphatic heterocycles. The molecule has 0 N–H and O–H groups in total. The van der Waals surface area contributed by atoms with Crippen molar-refractivity contribution in [3.05, 3.63) is 356 Å². The third kappa shape index (κ3) is 11.5. The van der Waals surface area contributed by atoms with Crippen molar-refractivity contribution < 1.29 is 2.74 Å². The Morgan fingerprint density at radius 3 is 0.870 bits per heavy atom. The van der Waals surface area contributed by atoms with Gasteiger partial charge in [-0.3, -0.25) is 0 Å². The molecule has 4 nitrogen and oxygen atoms in total. The SMILES string of the molecule is [2H]C([2H])(c1cc2c3c(c1)N(c1ccc(C(C)(C)C)cc1-c1ccccc1)c1cc(-n4c5ccc(-c6ccccc6)cc5c5cc(-c6ccccc6)ccc54)ccc1B3c1ccc(-n3c4ccc(-c5ccccc5)cc4c4cc(-c5ccccc5)ccc43)cc1N2c1ccc(C(C)(C)C)cc1-c1ccccc1)C(C)(C)C. The molecule has 0 amide bonds. The Labute approximate surface area is 638 Å². The topological polar surface area (TPSA) is 16.3 Å². The minimum atomic E-state index is -1.85. The van der Waals surface area contributed by atoms with Crippen LogP contribution in [0, 0.1) is 5.41 Å². The Hall–Kier alpha value is -12.4. The molecule has 15 aromatic carbocycles. The van der Waals surface area contributed by atoms with E-state index in [1.54, 1.807) is 0 Å². The monoisotopic (exact) mass is 1390 g/mol. The quantitative estimate of drug-likeness (QED) is 0.120. The molecule has 17 aromatic rings. The van der Waals surface area contributed by atoms with Crippen molar-refractivity contribution in [2.75, 3.05) is 9.80 Å². The molecule has 4 heterocycles. The molecule has 0 atom stereocenters. The summed E-state index contributed by atoms with van der Waals surface area (Å²) in [5.74, 6) is 0. The highest BCUT2D eigenvalue weighted by molar-refractivity contribution is 7.00. The van der Waals surface area contributed by atoms with Crippen LogP contribution in [0.5, 0.6) is 0 Å². The van der Waals surface area contributed by atoms with Crippen LogP contribution in [0.2, 0.25) is 0 Å². The van der Waals surface area contributed by atoms with Crippen LogP contribution in [-0.4, -0.2) is 15.8 Å². The molecule has 108 heavy (non-hydrogen) atoms. The van der Waals surface area contributed by atoms with Gasteiger partial charge in [-0.15, -0.1) is 0 Å². The first kappa shape index (κ1) is 64.0. The lowest BCUT2D eigenvalue weighted by Crippen LogP contribution is -2.61. The van der Waals surface area contributed by atoms with Crippen molar-refractivity contribution in [1.29, 1.82) is 0 Å². The lowest BCUT2D eigenvalue weighted by Gasteiger charge is -2.45. The average Bonchev–Trinajstić information content (AvgIpc) is 0.848.